The molecule has 1 radical (unpaired) electrons. The number of nitrogens with zero attached hydrogens (tertiary/aromatic N) is 2. The van der Waals surface area contributed by atoms with Gasteiger partial charge in [-0.05, 0) is 6.08 Å². The predicted molar refractivity (Wildman–Crippen MR) is 38.9 cm³/mol. The fourth-order valence-corrected chi connectivity index (χ4v) is 0.855. The van der Waals surface area contributed by atoms with E-state index < -0.39 is 0 Å². The van der Waals surface area contributed by atoms with Gasteiger partial charge in [-0.3, -0.25) is 4.42 Å². The molecule has 0 N–H and O–H groups in total. The first-order chi connectivity index (χ1) is 4.34. The number of aliphatic imine (C=N–C) groups is 1. The summed E-state index contributed by atoms with van der Waals surface area (Å²) in [6.45, 7) is 3.79. The van der Waals surface area contributed by atoms with Gasteiger partial charge in [-0.2, -0.15) is 0 Å². The predicted octanol–water partition coefficient (Wildman–Crippen LogP) is 1.94. The Balaban J connectivity index is 2.63. The van der Waals surface area contributed by atoms with E-state index in [1.807, 2.05) is 6.92 Å². The van der Waals surface area contributed by atoms with Crippen LogP contribution in [0.4, 0.5) is 0 Å². The summed E-state index contributed by atoms with van der Waals surface area (Å²) in [4.78, 5) is 4.03. The highest BCUT2D eigenvalue weighted by Crippen LogP contribution is 2.08. The first-order valence-electron chi connectivity index (χ1n) is 2.86. The molecule has 0 aromatic heterocycles. The molecule has 49 valence electrons. The highest BCUT2D eigenvalue weighted by molar-refractivity contribution is 6.23. The molecule has 0 aromatic rings. The van der Waals surface area contributed by atoms with Crippen LogP contribution in [0, 0.1) is 6.54 Å². The molecule has 1 aliphatic heterocycles. The fraction of sp³-hybridized carbons (Fsp3) is 0.333. The van der Waals surface area contributed by atoms with Crippen LogP contribution in [0.2, 0.25) is 0 Å². The zero-order valence-corrected chi connectivity index (χ0v) is 5.97. The Labute approximate surface area is 59.9 Å². The van der Waals surface area contributed by atoms with Crippen LogP contribution in [0.1, 0.15) is 13.3 Å². The second kappa shape index (κ2) is 2.87. The Morgan fingerprint density at radius 1 is 1.78 bits per heavy atom. The fourth-order valence-electron chi connectivity index (χ4n) is 0.627. The summed E-state index contributed by atoms with van der Waals surface area (Å²) in [7, 11) is 0. The second-order valence-electron chi connectivity index (χ2n) is 1.70. The van der Waals surface area contributed by atoms with Crippen molar-refractivity contribution < 1.29 is 0 Å². The van der Waals surface area contributed by atoms with E-state index in [1.165, 1.54) is 4.42 Å². The van der Waals surface area contributed by atoms with Gasteiger partial charge in [0.15, 0.2) is 0 Å². The third-order valence-electron chi connectivity index (χ3n) is 1.09. The maximum atomic E-state index is 5.68. The van der Waals surface area contributed by atoms with Crippen molar-refractivity contribution >= 4 is 17.6 Å². The standard InChI is InChI=1S/C6H8ClN2/c1-2-6-8-4-3-5-9(6)7/h3-5H,2H2,1H3. The van der Waals surface area contributed by atoms with E-state index in [2.05, 4.69) is 4.99 Å². The topological polar surface area (TPSA) is 15.6 Å². The van der Waals surface area contributed by atoms with Crippen LogP contribution in [0.5, 0.6) is 0 Å². The molecule has 0 saturated carbocycles. The van der Waals surface area contributed by atoms with Gasteiger partial charge in [0.25, 0.3) is 0 Å². The van der Waals surface area contributed by atoms with Gasteiger partial charge >= 0.3 is 0 Å². The zero-order valence-electron chi connectivity index (χ0n) is 5.21. The summed E-state index contributed by atoms with van der Waals surface area (Å²) < 4.78 is 1.50. The Bertz CT molecular complexity index is 151. The molecular weight excluding hydrogens is 136 g/mol. The van der Waals surface area contributed by atoms with Crippen LogP contribution in [0.15, 0.2) is 17.3 Å². The second-order valence-corrected chi connectivity index (χ2v) is 2.06. The molecule has 9 heavy (non-hydrogen) atoms. The molecule has 0 fully saturated rings. The highest BCUT2D eigenvalue weighted by atomic mass is 35.5. The van der Waals surface area contributed by atoms with Gasteiger partial charge in [-0.15, -0.1) is 0 Å². The van der Waals surface area contributed by atoms with Gasteiger partial charge < -0.3 is 0 Å². The van der Waals surface area contributed by atoms with Gasteiger partial charge in [-0.25, -0.2) is 4.99 Å². The lowest BCUT2D eigenvalue weighted by molar-refractivity contribution is 0.792. The average Bonchev–Trinajstić information content (AvgIpc) is 1.89. The van der Waals surface area contributed by atoms with Gasteiger partial charge in [0.1, 0.15) is 5.84 Å². The summed E-state index contributed by atoms with van der Waals surface area (Å²) >= 11 is 5.68. The normalized spacial score (nSPS) is 18.0. The van der Waals surface area contributed by atoms with Crippen molar-refractivity contribution in [2.45, 2.75) is 13.3 Å². The molecule has 0 aromatic carbocycles. The molecule has 2 nitrogen and oxygen atoms in total. The first kappa shape index (κ1) is 6.62. The van der Waals surface area contributed by atoms with Crippen molar-refractivity contribution in [2.24, 2.45) is 4.99 Å². The number of hydrogen-bond donors (Lipinski definition) is 0. The molecule has 0 spiro atoms. The minimum atomic E-state index is 0.865. The van der Waals surface area contributed by atoms with E-state index in [0.29, 0.717) is 0 Å². The summed E-state index contributed by atoms with van der Waals surface area (Å²) in [5.74, 6) is 0.888. The average molecular weight is 144 g/mol. The molecule has 0 unspecified atom stereocenters. The van der Waals surface area contributed by atoms with E-state index in [0.717, 1.165) is 12.3 Å². The maximum Gasteiger partial charge on any atom is 0.119 e. The van der Waals surface area contributed by atoms with Gasteiger partial charge in [0, 0.05) is 24.4 Å². The minimum Gasteiger partial charge on any atom is -0.263 e. The van der Waals surface area contributed by atoms with E-state index in [9.17, 15) is 0 Å². The van der Waals surface area contributed by atoms with Crippen LogP contribution >= 0.6 is 11.8 Å². The molecule has 1 rings (SSSR count). The lowest BCUT2D eigenvalue weighted by Gasteiger charge is -2.15. The van der Waals surface area contributed by atoms with Crippen LogP contribution in [-0.2, 0) is 0 Å². The summed E-state index contributed by atoms with van der Waals surface area (Å²) in [5.41, 5.74) is 0. The summed E-state index contributed by atoms with van der Waals surface area (Å²) in [5, 5.41) is 0. The first-order valence-corrected chi connectivity index (χ1v) is 3.20. The number of halogens is 1. The molecule has 0 atom stereocenters. The number of hydrogen-bond acceptors (Lipinski definition) is 2. The molecule has 3 heteroatoms. The van der Waals surface area contributed by atoms with Crippen molar-refractivity contribution in [3.8, 4) is 0 Å². The lowest BCUT2D eigenvalue weighted by atomic mass is 10.4. The van der Waals surface area contributed by atoms with Crippen LogP contribution in [-0.4, -0.2) is 10.3 Å². The van der Waals surface area contributed by atoms with E-state index >= 15 is 0 Å². The maximum absolute atomic E-state index is 5.68. The molecule has 0 bridgehead atoms. The Morgan fingerprint density at radius 2 is 2.56 bits per heavy atom. The van der Waals surface area contributed by atoms with E-state index in [4.69, 9.17) is 11.8 Å². The molecule has 1 heterocycles. The minimum absolute atomic E-state index is 0.865. The number of rotatable bonds is 1. The van der Waals surface area contributed by atoms with Gasteiger partial charge in [-0.1, -0.05) is 6.92 Å². The van der Waals surface area contributed by atoms with E-state index in [-0.39, 0.29) is 0 Å². The summed E-state index contributed by atoms with van der Waals surface area (Å²) in [6, 6.07) is 0. The van der Waals surface area contributed by atoms with Gasteiger partial charge in [0.2, 0.25) is 0 Å². The summed E-state index contributed by atoms with van der Waals surface area (Å²) in [6.07, 6.45) is 4.40. The van der Waals surface area contributed by atoms with E-state index in [1.54, 1.807) is 18.8 Å². The number of amidine groups is 1. The highest BCUT2D eigenvalue weighted by Gasteiger charge is 2.06. The third kappa shape index (κ3) is 1.45. The van der Waals surface area contributed by atoms with Gasteiger partial charge in [0.05, 0.1) is 6.54 Å². The SMILES string of the molecule is CCC1=NC=C[CH]N1Cl. The van der Waals surface area contributed by atoms with Crippen molar-refractivity contribution in [3.63, 3.8) is 0 Å². The van der Waals surface area contributed by atoms with Crippen LogP contribution < -0.4 is 0 Å². The Hall–Kier alpha value is -0.500. The lowest BCUT2D eigenvalue weighted by Crippen LogP contribution is -2.18. The van der Waals surface area contributed by atoms with Crippen molar-refractivity contribution in [2.75, 3.05) is 0 Å². The monoisotopic (exact) mass is 143 g/mol. The molecule has 0 aliphatic carbocycles. The molecule has 0 amide bonds. The quantitative estimate of drug-likeness (QED) is 0.513. The van der Waals surface area contributed by atoms with Crippen molar-refractivity contribution in [1.29, 1.82) is 0 Å². The van der Waals surface area contributed by atoms with Crippen LogP contribution in [0.3, 0.4) is 0 Å². The Kier molecular flexibility index (Phi) is 2.11. The Morgan fingerprint density at radius 3 is 3.00 bits per heavy atom. The van der Waals surface area contributed by atoms with Crippen molar-refractivity contribution in [3.05, 3.63) is 18.8 Å². The molecule has 1 aliphatic rings. The van der Waals surface area contributed by atoms with Crippen molar-refractivity contribution in [1.82, 2.24) is 4.42 Å². The molecule has 0 saturated heterocycles. The third-order valence-corrected chi connectivity index (χ3v) is 1.40. The molecular formula is C6H8ClN2. The smallest absolute Gasteiger partial charge is 0.119 e. The van der Waals surface area contributed by atoms with Crippen LogP contribution in [0.25, 0.3) is 0 Å². The largest absolute Gasteiger partial charge is 0.263 e. The zero-order chi connectivity index (χ0) is 6.69.